The fraction of sp³-hybridized carbons (Fsp3) is 0. The van der Waals surface area contributed by atoms with Gasteiger partial charge in [-0.05, 0) is 0 Å². The van der Waals surface area contributed by atoms with Crippen LogP contribution in [0, 0.1) is 0 Å². The van der Waals surface area contributed by atoms with E-state index in [1.165, 1.54) is 0 Å². The fourth-order valence-corrected chi connectivity index (χ4v) is 0. The molecule has 4 heavy (non-hydrogen) atoms. The van der Waals surface area contributed by atoms with E-state index in [2.05, 4.69) is 0 Å². The predicted octanol–water partition coefficient (Wildman–Crippen LogP) is -2.89. The fourth-order valence-electron chi connectivity index (χ4n) is 0. The molecule has 4 heteroatoms. The Morgan fingerprint density at radius 3 is 1.25 bits per heavy atom. The Hall–Kier alpha value is 2.56. The molecule has 0 aliphatic carbocycles. The van der Waals surface area contributed by atoms with E-state index in [4.69, 9.17) is 0 Å². The van der Waals surface area contributed by atoms with Crippen LogP contribution in [0.1, 0.15) is 1.43 Å². The van der Waals surface area contributed by atoms with E-state index in [1.54, 1.807) is 0 Å². The van der Waals surface area contributed by atoms with E-state index in [1.807, 2.05) is 0 Å². The molecule has 0 aliphatic heterocycles. The van der Waals surface area contributed by atoms with Gasteiger partial charge in [0.25, 0.3) is 0 Å². The van der Waals surface area contributed by atoms with Gasteiger partial charge in [-0.25, -0.2) is 0 Å². The van der Waals surface area contributed by atoms with E-state index in [0.717, 1.165) is 0 Å². The Morgan fingerprint density at radius 2 is 1.25 bits per heavy atom. The van der Waals surface area contributed by atoms with Gasteiger partial charge in [0.2, 0.25) is 0 Å². The van der Waals surface area contributed by atoms with Gasteiger partial charge in [0, 0.05) is 61.3 Å². The molecule has 21 valence electrons. The maximum absolute atomic E-state index is 0. The molecule has 0 fully saturated rings. The van der Waals surface area contributed by atoms with Crippen molar-refractivity contribution in [3.8, 4) is 0 Å². The van der Waals surface area contributed by atoms with Crippen LogP contribution in [0.25, 0.3) is 0 Å². The molecule has 0 rings (SSSR count). The van der Waals surface area contributed by atoms with Crippen molar-refractivity contribution in [1.82, 2.24) is 0 Å². The molecule has 0 spiro atoms. The number of hydrogen-bond donors (Lipinski definition) is 0. The van der Waals surface area contributed by atoms with Gasteiger partial charge >= 0.3 is 18.9 Å². The van der Waals surface area contributed by atoms with Crippen molar-refractivity contribution in [3.63, 3.8) is 0 Å². The van der Waals surface area contributed by atoms with Gasteiger partial charge < -0.3 is 1.43 Å². The van der Waals surface area contributed by atoms with Crippen LogP contribution in [-0.2, 0) is 61.3 Å². The molecule has 0 N–H and O–H groups in total. The number of hydrogen-bond acceptors (Lipinski definition) is 0. The molecular weight excluding hydrogens is 208 g/mol. The van der Waals surface area contributed by atoms with Crippen molar-refractivity contribution in [2.24, 2.45) is 0 Å². The first-order valence-electron chi connectivity index (χ1n) is 0. The SMILES string of the molecule is [H-].[Li+].[Ni].[V].[Zr]. The molecule has 0 amide bonds. The molecule has 0 saturated heterocycles. The third-order valence-corrected chi connectivity index (χ3v) is 0. The topological polar surface area (TPSA) is 0 Å². The Kier molecular flexibility index (Phi) is 137. The minimum Gasteiger partial charge on any atom is -1.00 e. The maximum atomic E-state index is 0. The second-order valence-electron chi connectivity index (χ2n) is 0. The third-order valence-electron chi connectivity index (χ3n) is 0. The molecule has 0 aliphatic rings. The normalized spacial score (nSPS) is 0. The molecule has 0 heterocycles. The summed E-state index contributed by atoms with van der Waals surface area (Å²) in [7, 11) is 0. The van der Waals surface area contributed by atoms with E-state index >= 15 is 0 Å². The van der Waals surface area contributed by atoms with Crippen LogP contribution in [0.5, 0.6) is 0 Å². The predicted molar refractivity (Wildman–Crippen MR) is 1.11 cm³/mol. The zero-order valence-corrected chi connectivity index (χ0v) is 7.11. The van der Waals surface area contributed by atoms with Gasteiger partial charge in [0.1, 0.15) is 0 Å². The third kappa shape index (κ3) is 8.82. The molecular formula is HLiNiVZr. The molecule has 0 aromatic heterocycles. The Morgan fingerprint density at radius 1 is 1.25 bits per heavy atom. The molecule has 0 nitrogen and oxygen atoms in total. The van der Waals surface area contributed by atoms with Gasteiger partial charge in [-0.2, -0.15) is 0 Å². The summed E-state index contributed by atoms with van der Waals surface area (Å²) in [6.45, 7) is 0. The van der Waals surface area contributed by atoms with Crippen molar-refractivity contribution in [2.75, 3.05) is 0 Å². The molecule has 1 radical (unpaired) electrons. The smallest absolute Gasteiger partial charge is 1.00 e. The summed E-state index contributed by atoms with van der Waals surface area (Å²) in [5.74, 6) is 0. The van der Waals surface area contributed by atoms with Crippen LogP contribution in [-0.4, -0.2) is 0 Å². The molecule has 0 aromatic rings. The van der Waals surface area contributed by atoms with Gasteiger partial charge in [0.15, 0.2) is 0 Å². The van der Waals surface area contributed by atoms with Gasteiger partial charge in [-0.3, -0.25) is 0 Å². The van der Waals surface area contributed by atoms with Crippen molar-refractivity contribution in [2.45, 2.75) is 0 Å². The van der Waals surface area contributed by atoms with Gasteiger partial charge in [-0.15, -0.1) is 0 Å². The quantitative estimate of drug-likeness (QED) is 0.375. The first-order chi connectivity index (χ1) is 0. The standard InChI is InChI=1S/Li.Ni.V.Zr.H/q+1;;;;-1. The van der Waals surface area contributed by atoms with E-state index in [0.29, 0.717) is 0 Å². The summed E-state index contributed by atoms with van der Waals surface area (Å²) in [6, 6.07) is 0. The summed E-state index contributed by atoms with van der Waals surface area (Å²) >= 11 is 0. The Balaban J connectivity index is 0. The average Bonchev–Trinajstić information content (AvgIpc) is 0. The minimum atomic E-state index is 0. The molecule has 0 atom stereocenters. The first kappa shape index (κ1) is 31.0. The average molecular weight is 209 g/mol. The van der Waals surface area contributed by atoms with Crippen LogP contribution >= 0.6 is 0 Å². The zero-order valence-electron chi connectivity index (χ0n) is 3.26. The first-order valence-corrected chi connectivity index (χ1v) is 0. The molecule has 0 aromatic carbocycles. The maximum Gasteiger partial charge on any atom is 1.00 e. The number of rotatable bonds is 0. The summed E-state index contributed by atoms with van der Waals surface area (Å²) in [5, 5.41) is 0. The summed E-state index contributed by atoms with van der Waals surface area (Å²) < 4.78 is 0. The van der Waals surface area contributed by atoms with Crippen LogP contribution in [0.2, 0.25) is 0 Å². The minimum absolute atomic E-state index is 0. The van der Waals surface area contributed by atoms with Crippen molar-refractivity contribution in [1.29, 1.82) is 0 Å². The molecule has 0 bridgehead atoms. The summed E-state index contributed by atoms with van der Waals surface area (Å²) in [5.41, 5.74) is 0. The summed E-state index contributed by atoms with van der Waals surface area (Å²) in [4.78, 5) is 0. The van der Waals surface area contributed by atoms with Crippen LogP contribution in [0.4, 0.5) is 0 Å². The van der Waals surface area contributed by atoms with Crippen LogP contribution in [0.15, 0.2) is 0 Å². The molecule has 0 saturated carbocycles. The van der Waals surface area contributed by atoms with Crippen molar-refractivity contribution < 1.29 is 81.5 Å². The van der Waals surface area contributed by atoms with E-state index in [9.17, 15) is 0 Å². The van der Waals surface area contributed by atoms with Gasteiger partial charge in [-0.1, -0.05) is 0 Å². The zero-order chi connectivity index (χ0) is 0. The van der Waals surface area contributed by atoms with E-state index < -0.39 is 0 Å². The second-order valence-corrected chi connectivity index (χ2v) is 0. The van der Waals surface area contributed by atoms with Crippen molar-refractivity contribution >= 4 is 0 Å². The molecule has 0 unspecified atom stereocenters. The van der Waals surface area contributed by atoms with Crippen LogP contribution in [0.3, 0.4) is 0 Å². The largest absolute Gasteiger partial charge is 1.00 e. The monoisotopic (exact) mass is 207 g/mol. The Bertz CT molecular complexity index is 11.6. The van der Waals surface area contributed by atoms with Crippen molar-refractivity contribution in [3.05, 3.63) is 0 Å². The van der Waals surface area contributed by atoms with Crippen LogP contribution < -0.4 is 18.9 Å². The Labute approximate surface area is 80.5 Å². The second kappa shape index (κ2) is 17.6. The summed E-state index contributed by atoms with van der Waals surface area (Å²) in [6.07, 6.45) is 0. The van der Waals surface area contributed by atoms with E-state index in [-0.39, 0.29) is 81.5 Å². The van der Waals surface area contributed by atoms with Gasteiger partial charge in [0.05, 0.1) is 0 Å².